The molecular weight excluding hydrogens is 437 g/mol. The van der Waals surface area contributed by atoms with Crippen LogP contribution in [0.1, 0.15) is 16.7 Å². The maximum Gasteiger partial charge on any atom is 0.282 e. The second-order valence-corrected chi connectivity index (χ2v) is 7.70. The Balaban J connectivity index is 1.87. The monoisotopic (exact) mass is 451 g/mol. The van der Waals surface area contributed by atoms with E-state index < -0.39 is 4.92 Å². The maximum atomic E-state index is 13.4. The predicted octanol–water partition coefficient (Wildman–Crippen LogP) is 6.04. The van der Waals surface area contributed by atoms with Gasteiger partial charge in [-0.05, 0) is 48.4 Å². The Morgan fingerprint density at radius 3 is 2.52 bits per heavy atom. The molecule has 0 spiro atoms. The van der Waals surface area contributed by atoms with Gasteiger partial charge in [0.15, 0.2) is 0 Å². The van der Waals surface area contributed by atoms with Crippen LogP contribution in [0, 0.1) is 17.0 Å². The Morgan fingerprint density at radius 2 is 1.77 bits per heavy atom. The second-order valence-electron chi connectivity index (χ2n) is 6.85. The van der Waals surface area contributed by atoms with E-state index >= 15 is 0 Å². The molecule has 0 N–H and O–H groups in total. The predicted molar refractivity (Wildman–Crippen MR) is 123 cm³/mol. The van der Waals surface area contributed by atoms with Crippen LogP contribution in [0.5, 0.6) is 0 Å². The summed E-state index contributed by atoms with van der Waals surface area (Å²) >= 11 is 12.5. The van der Waals surface area contributed by atoms with Crippen molar-refractivity contribution in [1.29, 1.82) is 0 Å². The number of carbonyl (C=O) groups is 1. The van der Waals surface area contributed by atoms with Crippen LogP contribution in [0.25, 0.3) is 6.08 Å². The molecule has 154 valence electrons. The summed E-state index contributed by atoms with van der Waals surface area (Å²) < 4.78 is 0. The summed E-state index contributed by atoms with van der Waals surface area (Å²) in [6, 6.07) is 18.3. The number of amides is 1. The van der Waals surface area contributed by atoms with Crippen molar-refractivity contribution in [2.75, 3.05) is 4.90 Å². The van der Waals surface area contributed by atoms with Gasteiger partial charge in [-0.3, -0.25) is 19.8 Å². The molecule has 0 aromatic heterocycles. The standard InChI is InChI=1S/C23H15Cl2N3O3/c1-14-19(25)9-4-10-21(14)27-22(16-6-3-7-17(24)13-16)26-20(23(27)29)12-15-5-2-8-18(11-15)28(30)31/h2-13H,1H3/b20-12+. The lowest BCUT2D eigenvalue weighted by atomic mass is 10.1. The summed E-state index contributed by atoms with van der Waals surface area (Å²) in [6.45, 7) is 1.82. The lowest BCUT2D eigenvalue weighted by Gasteiger charge is -2.21. The average molecular weight is 452 g/mol. The van der Waals surface area contributed by atoms with Crippen LogP contribution >= 0.6 is 23.2 Å². The van der Waals surface area contributed by atoms with E-state index in [1.54, 1.807) is 54.6 Å². The number of halogens is 2. The largest absolute Gasteiger partial charge is 0.282 e. The summed E-state index contributed by atoms with van der Waals surface area (Å²) in [4.78, 5) is 30.0. The maximum absolute atomic E-state index is 13.4. The molecule has 1 aliphatic heterocycles. The Hall–Kier alpha value is -3.48. The first-order valence-corrected chi connectivity index (χ1v) is 10.0. The molecule has 0 unspecified atom stereocenters. The molecule has 6 nitrogen and oxygen atoms in total. The number of benzene rings is 3. The van der Waals surface area contributed by atoms with E-state index in [0.717, 1.165) is 5.56 Å². The number of nitro benzene ring substituents is 1. The zero-order valence-electron chi connectivity index (χ0n) is 16.3. The molecule has 4 rings (SSSR count). The third-order valence-corrected chi connectivity index (χ3v) is 5.45. The molecule has 8 heteroatoms. The number of aliphatic imine (C=N–C) groups is 1. The molecule has 0 aliphatic carbocycles. The van der Waals surface area contributed by atoms with Crippen molar-refractivity contribution in [2.24, 2.45) is 4.99 Å². The van der Waals surface area contributed by atoms with E-state index in [9.17, 15) is 14.9 Å². The van der Waals surface area contributed by atoms with Gasteiger partial charge in [0.25, 0.3) is 11.6 Å². The summed E-state index contributed by atoms with van der Waals surface area (Å²) in [5.41, 5.74) is 2.55. The van der Waals surface area contributed by atoms with Crippen LogP contribution in [0.15, 0.2) is 77.4 Å². The Bertz CT molecular complexity index is 1280. The summed E-state index contributed by atoms with van der Waals surface area (Å²) in [7, 11) is 0. The highest BCUT2D eigenvalue weighted by molar-refractivity contribution is 6.36. The minimum Gasteiger partial charge on any atom is -0.266 e. The van der Waals surface area contributed by atoms with Crippen LogP contribution in [0.4, 0.5) is 11.4 Å². The van der Waals surface area contributed by atoms with Crippen molar-refractivity contribution in [2.45, 2.75) is 6.92 Å². The third kappa shape index (κ3) is 4.08. The number of nitro groups is 1. The van der Waals surface area contributed by atoms with Gasteiger partial charge < -0.3 is 0 Å². The van der Waals surface area contributed by atoms with E-state index in [2.05, 4.69) is 4.99 Å². The molecule has 0 atom stereocenters. The number of carbonyl (C=O) groups excluding carboxylic acids is 1. The summed E-state index contributed by atoms with van der Waals surface area (Å²) in [5.74, 6) is 0.0291. The molecule has 0 fully saturated rings. The van der Waals surface area contributed by atoms with Gasteiger partial charge in [-0.15, -0.1) is 0 Å². The quantitative estimate of drug-likeness (QED) is 0.275. The van der Waals surface area contributed by atoms with E-state index in [4.69, 9.17) is 23.2 Å². The fourth-order valence-corrected chi connectivity index (χ4v) is 3.65. The van der Waals surface area contributed by atoms with E-state index in [1.165, 1.54) is 23.1 Å². The molecule has 1 heterocycles. The molecule has 0 saturated carbocycles. The number of anilines is 1. The normalized spacial score (nSPS) is 14.8. The molecule has 0 radical (unpaired) electrons. The van der Waals surface area contributed by atoms with Gasteiger partial charge in [-0.25, -0.2) is 4.99 Å². The van der Waals surface area contributed by atoms with Crippen LogP contribution < -0.4 is 4.90 Å². The zero-order chi connectivity index (χ0) is 22.1. The molecule has 3 aromatic rings. The van der Waals surface area contributed by atoms with Gasteiger partial charge in [-0.1, -0.05) is 53.5 Å². The molecule has 3 aromatic carbocycles. The molecule has 1 aliphatic rings. The highest BCUT2D eigenvalue weighted by Crippen LogP contribution is 2.33. The van der Waals surface area contributed by atoms with Crippen LogP contribution in [0.2, 0.25) is 10.0 Å². The van der Waals surface area contributed by atoms with Gasteiger partial charge in [0, 0.05) is 27.7 Å². The van der Waals surface area contributed by atoms with Gasteiger partial charge >= 0.3 is 0 Å². The molecular formula is C23H15Cl2N3O3. The molecule has 1 amide bonds. The van der Waals surface area contributed by atoms with Gasteiger partial charge in [0.1, 0.15) is 11.5 Å². The van der Waals surface area contributed by atoms with E-state index in [0.29, 0.717) is 32.7 Å². The highest BCUT2D eigenvalue weighted by atomic mass is 35.5. The minimum absolute atomic E-state index is 0.0682. The van der Waals surface area contributed by atoms with Crippen molar-refractivity contribution >= 4 is 52.4 Å². The fourth-order valence-electron chi connectivity index (χ4n) is 3.29. The first-order chi connectivity index (χ1) is 14.8. The van der Waals surface area contributed by atoms with Crippen molar-refractivity contribution in [3.63, 3.8) is 0 Å². The molecule has 0 saturated heterocycles. The van der Waals surface area contributed by atoms with Gasteiger partial charge in [0.05, 0.1) is 10.6 Å². The number of amidine groups is 1. The van der Waals surface area contributed by atoms with Crippen molar-refractivity contribution in [1.82, 2.24) is 0 Å². The van der Waals surface area contributed by atoms with E-state index in [1.807, 2.05) is 6.92 Å². The summed E-state index contributed by atoms with van der Waals surface area (Å²) in [5, 5.41) is 12.1. The van der Waals surface area contributed by atoms with Crippen molar-refractivity contribution < 1.29 is 9.72 Å². The van der Waals surface area contributed by atoms with E-state index in [-0.39, 0.29) is 17.3 Å². The first kappa shape index (κ1) is 20.8. The third-order valence-electron chi connectivity index (χ3n) is 4.81. The average Bonchev–Trinajstić information content (AvgIpc) is 3.06. The Labute approximate surface area is 188 Å². The SMILES string of the molecule is Cc1c(Cl)cccc1N1C(=O)/C(=C\c2cccc([N+](=O)[O-])c2)N=C1c1cccc(Cl)c1. The fraction of sp³-hybridized carbons (Fsp3) is 0.0435. The highest BCUT2D eigenvalue weighted by Gasteiger charge is 2.33. The smallest absolute Gasteiger partial charge is 0.266 e. The van der Waals surface area contributed by atoms with Crippen LogP contribution in [-0.2, 0) is 4.79 Å². The zero-order valence-corrected chi connectivity index (χ0v) is 17.8. The minimum atomic E-state index is -0.485. The Morgan fingerprint density at radius 1 is 1.03 bits per heavy atom. The summed E-state index contributed by atoms with van der Waals surface area (Å²) in [6.07, 6.45) is 1.53. The van der Waals surface area contributed by atoms with Gasteiger partial charge in [-0.2, -0.15) is 0 Å². The number of hydrogen-bond acceptors (Lipinski definition) is 4. The van der Waals surface area contributed by atoms with Crippen LogP contribution in [0.3, 0.4) is 0 Å². The van der Waals surface area contributed by atoms with Crippen LogP contribution in [-0.4, -0.2) is 16.7 Å². The van der Waals surface area contributed by atoms with Crippen molar-refractivity contribution in [3.05, 3.63) is 109 Å². The molecule has 31 heavy (non-hydrogen) atoms. The lowest BCUT2D eigenvalue weighted by Crippen LogP contribution is -2.33. The number of non-ortho nitro benzene ring substituents is 1. The first-order valence-electron chi connectivity index (χ1n) is 9.25. The lowest BCUT2D eigenvalue weighted by molar-refractivity contribution is -0.384. The Kier molecular flexibility index (Phi) is 5.59. The van der Waals surface area contributed by atoms with Crippen molar-refractivity contribution in [3.8, 4) is 0 Å². The molecule has 0 bridgehead atoms. The number of rotatable bonds is 4. The number of nitrogens with zero attached hydrogens (tertiary/aromatic N) is 3. The van der Waals surface area contributed by atoms with Gasteiger partial charge in [0.2, 0.25) is 0 Å². The second kappa shape index (κ2) is 8.34. The number of hydrogen-bond donors (Lipinski definition) is 0. The topological polar surface area (TPSA) is 75.8 Å².